The largest absolute Gasteiger partial charge is 0.380 e. The van der Waals surface area contributed by atoms with Gasteiger partial charge in [0.2, 0.25) is 0 Å². The predicted octanol–water partition coefficient (Wildman–Crippen LogP) is 1.21. The molecule has 1 aromatic rings. The van der Waals surface area contributed by atoms with E-state index in [2.05, 4.69) is 47.5 Å². The minimum Gasteiger partial charge on any atom is -0.380 e. The van der Waals surface area contributed by atoms with Crippen molar-refractivity contribution in [2.24, 2.45) is 5.73 Å². The highest BCUT2D eigenvalue weighted by Gasteiger charge is 2.36. The molecule has 1 saturated heterocycles. The summed E-state index contributed by atoms with van der Waals surface area (Å²) in [6, 6.07) is 10.6. The van der Waals surface area contributed by atoms with Crippen molar-refractivity contribution in [2.75, 3.05) is 33.3 Å². The lowest BCUT2D eigenvalue weighted by Gasteiger charge is -2.30. The van der Waals surface area contributed by atoms with Crippen molar-refractivity contribution in [3.8, 4) is 0 Å². The Kier molecular flexibility index (Phi) is 5.54. The molecule has 4 nitrogen and oxygen atoms in total. The predicted molar refractivity (Wildman–Crippen MR) is 82.6 cm³/mol. The Hall–Kier alpha value is -0.940. The first-order valence-corrected chi connectivity index (χ1v) is 7.41. The molecule has 0 radical (unpaired) electrons. The van der Waals surface area contributed by atoms with Gasteiger partial charge >= 0.3 is 0 Å². The van der Waals surface area contributed by atoms with Gasteiger partial charge < -0.3 is 15.8 Å². The average molecular weight is 277 g/mol. The Morgan fingerprint density at radius 2 is 2.15 bits per heavy atom. The molecule has 112 valence electrons. The van der Waals surface area contributed by atoms with Gasteiger partial charge in [-0.1, -0.05) is 30.3 Å². The Bertz CT molecular complexity index is 398. The van der Waals surface area contributed by atoms with Crippen molar-refractivity contribution < 1.29 is 4.74 Å². The van der Waals surface area contributed by atoms with Crippen LogP contribution in [0, 0.1) is 0 Å². The van der Waals surface area contributed by atoms with Crippen LogP contribution in [0.15, 0.2) is 30.3 Å². The standard InChI is InChI=1S/C16H27N3O/c1-14(20-2)10-18-16(12-17)8-9-19(13-16)11-15-6-4-3-5-7-15/h3-7,14,18H,8-13,17H2,1-2H3. The summed E-state index contributed by atoms with van der Waals surface area (Å²) in [6.07, 6.45) is 1.33. The number of nitrogens with zero attached hydrogens (tertiary/aromatic N) is 1. The molecule has 0 spiro atoms. The Balaban J connectivity index is 1.88. The van der Waals surface area contributed by atoms with Crippen molar-refractivity contribution in [1.82, 2.24) is 10.2 Å². The van der Waals surface area contributed by atoms with Crippen LogP contribution in [-0.2, 0) is 11.3 Å². The smallest absolute Gasteiger partial charge is 0.0667 e. The van der Waals surface area contributed by atoms with E-state index in [1.165, 1.54) is 5.56 Å². The number of nitrogens with two attached hydrogens (primary N) is 1. The second kappa shape index (κ2) is 7.18. The summed E-state index contributed by atoms with van der Waals surface area (Å²) < 4.78 is 5.31. The molecule has 1 heterocycles. The molecule has 0 bridgehead atoms. The molecule has 0 saturated carbocycles. The number of nitrogens with one attached hydrogen (secondary N) is 1. The first kappa shape index (κ1) is 15.4. The van der Waals surface area contributed by atoms with Gasteiger partial charge in [0.1, 0.15) is 0 Å². The topological polar surface area (TPSA) is 50.5 Å². The molecule has 1 aliphatic heterocycles. The highest BCUT2D eigenvalue weighted by molar-refractivity contribution is 5.15. The van der Waals surface area contributed by atoms with E-state index in [0.29, 0.717) is 6.54 Å². The number of benzene rings is 1. The third-order valence-electron chi connectivity index (χ3n) is 4.24. The third kappa shape index (κ3) is 4.03. The van der Waals surface area contributed by atoms with Crippen LogP contribution in [0.1, 0.15) is 18.9 Å². The van der Waals surface area contributed by atoms with Gasteiger partial charge in [-0.3, -0.25) is 4.90 Å². The molecule has 4 heteroatoms. The Morgan fingerprint density at radius 1 is 1.40 bits per heavy atom. The molecule has 0 aliphatic carbocycles. The maximum absolute atomic E-state index is 6.02. The van der Waals surface area contributed by atoms with Gasteiger partial charge in [0.05, 0.1) is 6.10 Å². The molecule has 1 aromatic carbocycles. The number of methoxy groups -OCH3 is 1. The average Bonchev–Trinajstić information content (AvgIpc) is 2.90. The van der Waals surface area contributed by atoms with Crippen LogP contribution >= 0.6 is 0 Å². The van der Waals surface area contributed by atoms with Crippen molar-refractivity contribution in [3.05, 3.63) is 35.9 Å². The minimum absolute atomic E-state index is 0.0432. The van der Waals surface area contributed by atoms with Crippen LogP contribution in [0.5, 0.6) is 0 Å². The van der Waals surface area contributed by atoms with Crippen LogP contribution in [0.3, 0.4) is 0 Å². The fraction of sp³-hybridized carbons (Fsp3) is 0.625. The summed E-state index contributed by atoms with van der Waals surface area (Å²) in [4.78, 5) is 2.48. The van der Waals surface area contributed by atoms with Gasteiger partial charge in [-0.2, -0.15) is 0 Å². The zero-order chi connectivity index (χ0) is 14.4. The molecule has 3 N–H and O–H groups in total. The summed E-state index contributed by atoms with van der Waals surface area (Å²) >= 11 is 0. The SMILES string of the molecule is COC(C)CNC1(CN)CCN(Cc2ccccc2)C1. The van der Waals surface area contributed by atoms with Crippen molar-refractivity contribution in [2.45, 2.75) is 31.5 Å². The molecule has 2 rings (SSSR count). The van der Waals surface area contributed by atoms with E-state index in [9.17, 15) is 0 Å². The van der Waals surface area contributed by atoms with Gasteiger partial charge in [0.15, 0.2) is 0 Å². The van der Waals surface area contributed by atoms with Crippen LogP contribution in [0.2, 0.25) is 0 Å². The van der Waals surface area contributed by atoms with E-state index in [4.69, 9.17) is 10.5 Å². The van der Waals surface area contributed by atoms with Crippen LogP contribution in [-0.4, -0.2) is 49.8 Å². The van der Waals surface area contributed by atoms with Crippen LogP contribution in [0.4, 0.5) is 0 Å². The third-order valence-corrected chi connectivity index (χ3v) is 4.24. The normalized spacial score (nSPS) is 24.9. The summed E-state index contributed by atoms with van der Waals surface area (Å²) in [7, 11) is 1.75. The summed E-state index contributed by atoms with van der Waals surface area (Å²) in [5.41, 5.74) is 7.43. The molecule has 2 unspecified atom stereocenters. The summed E-state index contributed by atoms with van der Waals surface area (Å²) in [5.74, 6) is 0. The molecule has 1 aliphatic rings. The molecular weight excluding hydrogens is 250 g/mol. The van der Waals surface area contributed by atoms with Gasteiger partial charge in [-0.15, -0.1) is 0 Å². The number of rotatable bonds is 7. The van der Waals surface area contributed by atoms with Gasteiger partial charge in [-0.05, 0) is 18.9 Å². The van der Waals surface area contributed by atoms with Gasteiger partial charge in [0.25, 0.3) is 0 Å². The first-order chi connectivity index (χ1) is 9.67. The van der Waals surface area contributed by atoms with E-state index < -0.39 is 0 Å². The Labute approximate surface area is 122 Å². The molecule has 2 atom stereocenters. The maximum Gasteiger partial charge on any atom is 0.0667 e. The lowest BCUT2D eigenvalue weighted by Crippen LogP contribution is -2.54. The summed E-state index contributed by atoms with van der Waals surface area (Å²) in [6.45, 7) is 6.72. The molecule has 20 heavy (non-hydrogen) atoms. The fourth-order valence-corrected chi connectivity index (χ4v) is 2.76. The van der Waals surface area contributed by atoms with E-state index in [-0.39, 0.29) is 11.6 Å². The fourth-order valence-electron chi connectivity index (χ4n) is 2.76. The highest BCUT2D eigenvalue weighted by atomic mass is 16.5. The summed E-state index contributed by atoms with van der Waals surface area (Å²) in [5, 5.41) is 3.62. The molecular formula is C16H27N3O. The zero-order valence-electron chi connectivity index (χ0n) is 12.6. The molecule has 0 amide bonds. The zero-order valence-corrected chi connectivity index (χ0v) is 12.6. The van der Waals surface area contributed by atoms with Gasteiger partial charge in [-0.25, -0.2) is 0 Å². The van der Waals surface area contributed by atoms with E-state index in [0.717, 1.165) is 32.6 Å². The number of hydrogen-bond acceptors (Lipinski definition) is 4. The molecule has 1 fully saturated rings. The quantitative estimate of drug-likeness (QED) is 0.787. The first-order valence-electron chi connectivity index (χ1n) is 7.41. The number of hydrogen-bond donors (Lipinski definition) is 2. The van der Waals surface area contributed by atoms with Crippen LogP contribution in [0.25, 0.3) is 0 Å². The lowest BCUT2D eigenvalue weighted by molar-refractivity contribution is 0.107. The van der Waals surface area contributed by atoms with E-state index >= 15 is 0 Å². The van der Waals surface area contributed by atoms with Gasteiger partial charge in [0, 0.05) is 45.4 Å². The number of ether oxygens (including phenoxy) is 1. The second-order valence-corrected chi connectivity index (χ2v) is 5.86. The van der Waals surface area contributed by atoms with E-state index in [1.54, 1.807) is 7.11 Å². The Morgan fingerprint density at radius 3 is 2.80 bits per heavy atom. The van der Waals surface area contributed by atoms with Crippen molar-refractivity contribution in [3.63, 3.8) is 0 Å². The second-order valence-electron chi connectivity index (χ2n) is 5.86. The maximum atomic E-state index is 6.02. The number of likely N-dealkylation sites (tertiary alicyclic amines) is 1. The van der Waals surface area contributed by atoms with Crippen molar-refractivity contribution >= 4 is 0 Å². The monoisotopic (exact) mass is 277 g/mol. The van der Waals surface area contributed by atoms with E-state index in [1.807, 2.05) is 0 Å². The molecule has 0 aromatic heterocycles. The highest BCUT2D eigenvalue weighted by Crippen LogP contribution is 2.22. The van der Waals surface area contributed by atoms with Crippen LogP contribution < -0.4 is 11.1 Å². The minimum atomic E-state index is 0.0432. The lowest BCUT2D eigenvalue weighted by atomic mass is 9.98. The van der Waals surface area contributed by atoms with Crippen molar-refractivity contribution in [1.29, 1.82) is 0 Å².